The minimum Gasteiger partial charge on any atom is -0.337 e. The van der Waals surface area contributed by atoms with E-state index in [2.05, 4.69) is 10.1 Å². The van der Waals surface area contributed by atoms with Crippen molar-refractivity contribution < 1.29 is 27.3 Å². The van der Waals surface area contributed by atoms with E-state index in [0.29, 0.717) is 0 Å². The summed E-state index contributed by atoms with van der Waals surface area (Å²) in [6.45, 7) is -0.176. The molecule has 1 aliphatic heterocycles. The molecule has 2 aromatic rings. The summed E-state index contributed by atoms with van der Waals surface area (Å²) >= 11 is 0. The van der Waals surface area contributed by atoms with Crippen molar-refractivity contribution in [3.05, 3.63) is 35.7 Å². The first-order chi connectivity index (χ1) is 12.3. The molecule has 1 aliphatic carbocycles. The third kappa shape index (κ3) is 3.02. The maximum absolute atomic E-state index is 12.8. The number of halogens is 3. The summed E-state index contributed by atoms with van der Waals surface area (Å²) in [4.78, 5) is 30.8. The molecule has 7 nitrogen and oxygen atoms in total. The Balaban J connectivity index is 1.52. The lowest BCUT2D eigenvalue weighted by Gasteiger charge is -2.14. The van der Waals surface area contributed by atoms with Gasteiger partial charge in [0, 0.05) is 11.6 Å². The van der Waals surface area contributed by atoms with E-state index in [4.69, 9.17) is 4.52 Å². The zero-order valence-electron chi connectivity index (χ0n) is 13.4. The molecule has 4 rings (SSSR count). The third-order valence-electron chi connectivity index (χ3n) is 4.28. The van der Waals surface area contributed by atoms with Crippen LogP contribution in [-0.4, -0.2) is 44.5 Å². The highest BCUT2D eigenvalue weighted by Crippen LogP contribution is 2.32. The quantitative estimate of drug-likeness (QED) is 0.778. The maximum atomic E-state index is 12.8. The largest absolute Gasteiger partial charge is 0.416 e. The number of alkyl halides is 3. The summed E-state index contributed by atoms with van der Waals surface area (Å²) in [6, 6.07) is 4.23. The minimum atomic E-state index is -4.48. The molecule has 0 spiro atoms. The van der Waals surface area contributed by atoms with Crippen LogP contribution in [-0.2, 0) is 17.5 Å². The average molecular weight is 366 g/mol. The molecule has 3 amide bonds. The Hall–Kier alpha value is -2.91. The highest BCUT2D eigenvalue weighted by Gasteiger charge is 2.44. The number of urea groups is 1. The van der Waals surface area contributed by atoms with Crippen LogP contribution in [0.15, 0.2) is 28.8 Å². The second kappa shape index (κ2) is 5.82. The van der Waals surface area contributed by atoms with Crippen LogP contribution in [0.5, 0.6) is 0 Å². The summed E-state index contributed by atoms with van der Waals surface area (Å²) < 4.78 is 43.4. The van der Waals surface area contributed by atoms with E-state index in [1.807, 2.05) is 0 Å². The van der Waals surface area contributed by atoms with Crippen LogP contribution in [0.3, 0.4) is 0 Å². The van der Waals surface area contributed by atoms with Gasteiger partial charge in [-0.25, -0.2) is 4.79 Å². The van der Waals surface area contributed by atoms with Crippen molar-refractivity contribution in [3.8, 4) is 11.4 Å². The molecule has 1 aromatic heterocycles. The van der Waals surface area contributed by atoms with Gasteiger partial charge >= 0.3 is 12.2 Å². The lowest BCUT2D eigenvalue weighted by atomic mass is 10.1. The Morgan fingerprint density at radius 2 is 2.00 bits per heavy atom. The van der Waals surface area contributed by atoms with E-state index in [1.54, 1.807) is 0 Å². The van der Waals surface area contributed by atoms with Crippen LogP contribution < -0.4 is 0 Å². The molecular weight excluding hydrogens is 353 g/mol. The van der Waals surface area contributed by atoms with Crippen LogP contribution in [0, 0.1) is 0 Å². The molecule has 0 atom stereocenters. The average Bonchev–Trinajstić information content (AvgIpc) is 3.27. The summed E-state index contributed by atoms with van der Waals surface area (Å²) in [5.41, 5.74) is -0.695. The van der Waals surface area contributed by atoms with Crippen molar-refractivity contribution >= 4 is 11.9 Å². The lowest BCUT2D eigenvalue weighted by molar-refractivity contribution is -0.137. The maximum Gasteiger partial charge on any atom is 0.416 e. The molecule has 2 fully saturated rings. The molecule has 136 valence electrons. The first kappa shape index (κ1) is 16.6. The summed E-state index contributed by atoms with van der Waals surface area (Å²) in [6.07, 6.45) is -2.72. The number of carbonyl (C=O) groups excluding carboxylic acids is 2. The first-order valence-electron chi connectivity index (χ1n) is 7.94. The Morgan fingerprint density at radius 1 is 1.23 bits per heavy atom. The number of nitrogens with zero attached hydrogens (tertiary/aromatic N) is 4. The van der Waals surface area contributed by atoms with Gasteiger partial charge in [0.1, 0.15) is 13.1 Å². The second-order valence-corrected chi connectivity index (χ2v) is 6.21. The molecule has 10 heteroatoms. The van der Waals surface area contributed by atoms with E-state index in [9.17, 15) is 22.8 Å². The van der Waals surface area contributed by atoms with Gasteiger partial charge in [0.2, 0.25) is 11.7 Å². The molecule has 0 N–H and O–H groups in total. The van der Waals surface area contributed by atoms with Gasteiger partial charge < -0.3 is 9.42 Å². The van der Waals surface area contributed by atoms with Gasteiger partial charge in [0.15, 0.2) is 0 Å². The highest BCUT2D eigenvalue weighted by molar-refractivity contribution is 6.02. The normalized spacial score (nSPS) is 18.1. The predicted octanol–water partition coefficient (Wildman–Crippen LogP) is 2.68. The molecule has 1 saturated heterocycles. The molecule has 1 aromatic carbocycles. The number of carbonyl (C=O) groups is 2. The number of amides is 3. The Bertz CT molecular complexity index is 876. The van der Waals surface area contributed by atoms with E-state index in [-0.39, 0.29) is 42.3 Å². The van der Waals surface area contributed by atoms with Gasteiger partial charge in [-0.15, -0.1) is 0 Å². The zero-order chi connectivity index (χ0) is 18.5. The number of hydrogen-bond donors (Lipinski definition) is 0. The van der Waals surface area contributed by atoms with Gasteiger partial charge in [-0.2, -0.15) is 18.2 Å². The fraction of sp³-hybridized carbons (Fsp3) is 0.375. The summed E-state index contributed by atoms with van der Waals surface area (Å²) in [5.74, 6) is -0.415. The molecule has 1 saturated carbocycles. The highest BCUT2D eigenvalue weighted by atomic mass is 19.4. The van der Waals surface area contributed by atoms with E-state index < -0.39 is 17.8 Å². The minimum absolute atomic E-state index is 0.0169. The SMILES string of the molecule is O=C1CN(C2CC2)C(=O)N1Cc1nc(-c2cccc(C(F)(F)F)c2)no1. The van der Waals surface area contributed by atoms with Gasteiger partial charge in [-0.3, -0.25) is 9.69 Å². The molecule has 2 aliphatic rings. The first-order valence-corrected chi connectivity index (χ1v) is 7.94. The fourth-order valence-corrected chi connectivity index (χ4v) is 2.79. The number of benzene rings is 1. The molecule has 0 radical (unpaired) electrons. The van der Waals surface area contributed by atoms with Crippen LogP contribution in [0.4, 0.5) is 18.0 Å². The van der Waals surface area contributed by atoms with E-state index in [1.165, 1.54) is 17.0 Å². The van der Waals surface area contributed by atoms with Gasteiger partial charge in [-0.1, -0.05) is 17.3 Å². The Morgan fingerprint density at radius 3 is 2.69 bits per heavy atom. The van der Waals surface area contributed by atoms with Gasteiger partial charge in [-0.05, 0) is 25.0 Å². The van der Waals surface area contributed by atoms with Crippen molar-refractivity contribution in [1.82, 2.24) is 19.9 Å². The molecule has 2 heterocycles. The molecular formula is C16H13F3N4O3. The zero-order valence-corrected chi connectivity index (χ0v) is 13.4. The lowest BCUT2D eigenvalue weighted by Crippen LogP contribution is -2.33. The number of hydrogen-bond acceptors (Lipinski definition) is 5. The Labute approximate surface area is 145 Å². The standard InChI is InChI=1S/C16H13F3N4O3/c17-16(18,19)10-3-1-2-9(6-10)14-20-12(26-21-14)7-23-13(24)8-22(15(23)25)11-4-5-11/h1-3,6,11H,4-5,7-8H2. The van der Waals surface area contributed by atoms with Crippen LogP contribution in [0.1, 0.15) is 24.3 Å². The fourth-order valence-electron chi connectivity index (χ4n) is 2.79. The predicted molar refractivity (Wildman–Crippen MR) is 80.4 cm³/mol. The van der Waals surface area contributed by atoms with E-state index >= 15 is 0 Å². The third-order valence-corrected chi connectivity index (χ3v) is 4.28. The topological polar surface area (TPSA) is 79.5 Å². The van der Waals surface area contributed by atoms with Crippen molar-refractivity contribution in [2.75, 3.05) is 6.54 Å². The molecule has 0 unspecified atom stereocenters. The number of rotatable bonds is 4. The van der Waals surface area contributed by atoms with Crippen molar-refractivity contribution in [2.45, 2.75) is 31.6 Å². The van der Waals surface area contributed by atoms with Crippen molar-refractivity contribution in [3.63, 3.8) is 0 Å². The van der Waals surface area contributed by atoms with Crippen LogP contribution in [0.25, 0.3) is 11.4 Å². The Kier molecular flexibility index (Phi) is 3.70. The smallest absolute Gasteiger partial charge is 0.337 e. The van der Waals surface area contributed by atoms with E-state index in [0.717, 1.165) is 29.9 Å². The van der Waals surface area contributed by atoms with Crippen LogP contribution >= 0.6 is 0 Å². The van der Waals surface area contributed by atoms with Gasteiger partial charge in [0.25, 0.3) is 5.91 Å². The van der Waals surface area contributed by atoms with Gasteiger partial charge in [0.05, 0.1) is 5.56 Å². The summed E-state index contributed by atoms with van der Waals surface area (Å²) in [5, 5.41) is 3.65. The summed E-state index contributed by atoms with van der Waals surface area (Å²) in [7, 11) is 0. The number of aromatic nitrogens is 2. The second-order valence-electron chi connectivity index (χ2n) is 6.21. The number of imide groups is 1. The van der Waals surface area contributed by atoms with Crippen molar-refractivity contribution in [2.24, 2.45) is 0 Å². The monoisotopic (exact) mass is 366 g/mol. The van der Waals surface area contributed by atoms with Crippen molar-refractivity contribution in [1.29, 1.82) is 0 Å². The molecule has 26 heavy (non-hydrogen) atoms. The van der Waals surface area contributed by atoms with Crippen LogP contribution in [0.2, 0.25) is 0 Å². The molecule has 0 bridgehead atoms.